The predicted octanol–water partition coefficient (Wildman–Crippen LogP) is 2.33. The third-order valence-corrected chi connectivity index (χ3v) is 4.05. The Balaban J connectivity index is 2.19. The number of rotatable bonds is 2. The van der Waals surface area contributed by atoms with Crippen molar-refractivity contribution in [2.24, 2.45) is 11.3 Å². The van der Waals surface area contributed by atoms with Crippen LogP contribution in [0.4, 0.5) is 5.69 Å². The second-order valence-electron chi connectivity index (χ2n) is 6.33. The number of hydrazine groups is 1. The number of aryl methyl sites for hydroxylation is 1. The summed E-state index contributed by atoms with van der Waals surface area (Å²) in [4.78, 5) is 18.8. The van der Waals surface area contributed by atoms with Crippen molar-refractivity contribution in [2.75, 3.05) is 18.5 Å². The zero-order valence-corrected chi connectivity index (χ0v) is 12.6. The van der Waals surface area contributed by atoms with E-state index in [0.717, 1.165) is 38.0 Å². The standard InChI is InChI=1S/C15H24N4O/c1-11-9-13(18-16)12(10-17-11)14(20)19-7-4-5-15(2,3)6-8-19/h9-10H,4-8,16H2,1-3H3,(H,17,18). The Morgan fingerprint density at radius 1 is 1.40 bits per heavy atom. The molecule has 1 saturated heterocycles. The molecular formula is C15H24N4O. The van der Waals surface area contributed by atoms with Crippen LogP contribution >= 0.6 is 0 Å². The maximum absolute atomic E-state index is 12.6. The highest BCUT2D eigenvalue weighted by atomic mass is 16.2. The largest absolute Gasteiger partial charge is 0.339 e. The first-order chi connectivity index (χ1) is 9.43. The molecule has 1 aliphatic rings. The Labute approximate surface area is 120 Å². The third kappa shape index (κ3) is 3.28. The summed E-state index contributed by atoms with van der Waals surface area (Å²) in [6.45, 7) is 8.01. The van der Waals surface area contributed by atoms with E-state index in [0.29, 0.717) is 16.7 Å². The summed E-state index contributed by atoms with van der Waals surface area (Å²) in [5, 5.41) is 0. The van der Waals surface area contributed by atoms with Crippen LogP contribution in [0.3, 0.4) is 0 Å². The van der Waals surface area contributed by atoms with Crippen LogP contribution in [0.2, 0.25) is 0 Å². The molecule has 0 bridgehead atoms. The van der Waals surface area contributed by atoms with Crippen LogP contribution < -0.4 is 11.3 Å². The van der Waals surface area contributed by atoms with Crippen molar-refractivity contribution in [1.29, 1.82) is 0 Å². The van der Waals surface area contributed by atoms with Crippen LogP contribution in [-0.2, 0) is 0 Å². The molecule has 0 saturated carbocycles. The van der Waals surface area contributed by atoms with Crippen LogP contribution in [0, 0.1) is 12.3 Å². The smallest absolute Gasteiger partial charge is 0.257 e. The van der Waals surface area contributed by atoms with Gasteiger partial charge in [-0.05, 0) is 37.7 Å². The summed E-state index contributed by atoms with van der Waals surface area (Å²) < 4.78 is 0. The van der Waals surface area contributed by atoms with Gasteiger partial charge in [-0.1, -0.05) is 13.8 Å². The van der Waals surface area contributed by atoms with Gasteiger partial charge in [-0.2, -0.15) is 0 Å². The van der Waals surface area contributed by atoms with Gasteiger partial charge in [0, 0.05) is 25.0 Å². The molecule has 0 atom stereocenters. The lowest BCUT2D eigenvalue weighted by atomic mass is 9.85. The van der Waals surface area contributed by atoms with E-state index in [2.05, 4.69) is 24.3 Å². The minimum absolute atomic E-state index is 0.0168. The van der Waals surface area contributed by atoms with Crippen molar-refractivity contribution in [1.82, 2.24) is 9.88 Å². The van der Waals surface area contributed by atoms with Crippen LogP contribution in [-0.4, -0.2) is 28.9 Å². The lowest BCUT2D eigenvalue weighted by Gasteiger charge is -2.24. The van der Waals surface area contributed by atoms with E-state index < -0.39 is 0 Å². The van der Waals surface area contributed by atoms with Gasteiger partial charge in [-0.25, -0.2) is 0 Å². The number of nitrogens with one attached hydrogen (secondary N) is 1. The first-order valence-corrected chi connectivity index (χ1v) is 7.15. The number of nitrogens with two attached hydrogens (primary N) is 1. The van der Waals surface area contributed by atoms with E-state index in [4.69, 9.17) is 5.84 Å². The number of hydrogen-bond donors (Lipinski definition) is 2. The van der Waals surface area contributed by atoms with Crippen molar-refractivity contribution < 1.29 is 4.79 Å². The Kier molecular flexibility index (Phi) is 4.28. The summed E-state index contributed by atoms with van der Waals surface area (Å²) in [5.41, 5.74) is 4.95. The number of aromatic nitrogens is 1. The van der Waals surface area contributed by atoms with Gasteiger partial charge in [0.2, 0.25) is 0 Å². The molecule has 0 aliphatic carbocycles. The molecule has 1 amide bonds. The lowest BCUT2D eigenvalue weighted by Crippen LogP contribution is -2.33. The van der Waals surface area contributed by atoms with E-state index >= 15 is 0 Å². The van der Waals surface area contributed by atoms with Gasteiger partial charge >= 0.3 is 0 Å². The number of anilines is 1. The summed E-state index contributed by atoms with van der Waals surface area (Å²) >= 11 is 0. The van der Waals surface area contributed by atoms with Gasteiger partial charge in [0.05, 0.1) is 11.3 Å². The fourth-order valence-corrected chi connectivity index (χ4v) is 2.65. The first kappa shape index (κ1) is 14.8. The molecule has 1 aromatic heterocycles. The first-order valence-electron chi connectivity index (χ1n) is 7.15. The third-order valence-electron chi connectivity index (χ3n) is 4.05. The molecule has 0 unspecified atom stereocenters. The SMILES string of the molecule is Cc1cc(NN)c(C(=O)N2CCCC(C)(C)CC2)cn1. The highest BCUT2D eigenvalue weighted by molar-refractivity contribution is 5.99. The van der Waals surface area contributed by atoms with Crippen molar-refractivity contribution in [2.45, 2.75) is 40.0 Å². The molecule has 0 radical (unpaired) electrons. The zero-order valence-electron chi connectivity index (χ0n) is 12.6. The Bertz CT molecular complexity index is 499. The van der Waals surface area contributed by atoms with Crippen LogP contribution in [0.1, 0.15) is 49.2 Å². The van der Waals surface area contributed by atoms with Crippen molar-refractivity contribution in [3.63, 3.8) is 0 Å². The zero-order chi connectivity index (χ0) is 14.8. The maximum atomic E-state index is 12.6. The van der Waals surface area contributed by atoms with Gasteiger partial charge in [0.25, 0.3) is 5.91 Å². The summed E-state index contributed by atoms with van der Waals surface area (Å²) in [6.07, 6.45) is 4.85. The van der Waals surface area contributed by atoms with E-state index in [1.807, 2.05) is 11.8 Å². The second kappa shape index (κ2) is 5.79. The van der Waals surface area contributed by atoms with Crippen molar-refractivity contribution >= 4 is 11.6 Å². The lowest BCUT2D eigenvalue weighted by molar-refractivity contribution is 0.0758. The second-order valence-corrected chi connectivity index (χ2v) is 6.33. The quantitative estimate of drug-likeness (QED) is 0.642. The van der Waals surface area contributed by atoms with Gasteiger partial charge in [0.1, 0.15) is 0 Å². The van der Waals surface area contributed by atoms with E-state index in [1.165, 1.54) is 0 Å². The molecule has 5 heteroatoms. The Morgan fingerprint density at radius 2 is 2.15 bits per heavy atom. The highest BCUT2D eigenvalue weighted by Gasteiger charge is 2.27. The maximum Gasteiger partial charge on any atom is 0.257 e. The normalized spacial score (nSPS) is 18.5. The summed E-state index contributed by atoms with van der Waals surface area (Å²) in [5.74, 6) is 5.53. The number of hydrogen-bond acceptors (Lipinski definition) is 4. The van der Waals surface area contributed by atoms with E-state index in [-0.39, 0.29) is 5.91 Å². The van der Waals surface area contributed by atoms with E-state index in [1.54, 1.807) is 12.3 Å². The number of amides is 1. The predicted molar refractivity (Wildman–Crippen MR) is 80.3 cm³/mol. The molecule has 3 N–H and O–H groups in total. The van der Waals surface area contributed by atoms with Crippen LogP contribution in [0.25, 0.3) is 0 Å². The fourth-order valence-electron chi connectivity index (χ4n) is 2.65. The fraction of sp³-hybridized carbons (Fsp3) is 0.600. The number of carbonyl (C=O) groups excluding carboxylic acids is 1. The minimum atomic E-state index is 0.0168. The molecule has 5 nitrogen and oxygen atoms in total. The van der Waals surface area contributed by atoms with Crippen molar-refractivity contribution in [3.05, 3.63) is 23.5 Å². The molecule has 1 aliphatic heterocycles. The Morgan fingerprint density at radius 3 is 2.85 bits per heavy atom. The number of carbonyl (C=O) groups is 1. The Hall–Kier alpha value is -1.62. The van der Waals surface area contributed by atoms with Gasteiger partial charge in [0.15, 0.2) is 0 Å². The molecule has 20 heavy (non-hydrogen) atoms. The molecule has 0 aromatic carbocycles. The average Bonchev–Trinajstić information content (AvgIpc) is 2.59. The minimum Gasteiger partial charge on any atom is -0.339 e. The number of likely N-dealkylation sites (tertiary alicyclic amines) is 1. The monoisotopic (exact) mass is 276 g/mol. The number of nitrogen functional groups attached to an aromatic ring is 1. The summed E-state index contributed by atoms with van der Waals surface area (Å²) in [6, 6.07) is 1.80. The molecule has 2 rings (SSSR count). The average molecular weight is 276 g/mol. The number of pyridine rings is 1. The molecule has 110 valence electrons. The summed E-state index contributed by atoms with van der Waals surface area (Å²) in [7, 11) is 0. The topological polar surface area (TPSA) is 71.2 Å². The molecule has 1 aromatic rings. The molecule has 0 spiro atoms. The van der Waals surface area contributed by atoms with Crippen molar-refractivity contribution in [3.8, 4) is 0 Å². The molecule has 1 fully saturated rings. The van der Waals surface area contributed by atoms with E-state index in [9.17, 15) is 4.79 Å². The number of nitrogens with zero attached hydrogens (tertiary/aromatic N) is 2. The van der Waals surface area contributed by atoms with Gasteiger partial charge in [-0.15, -0.1) is 0 Å². The highest BCUT2D eigenvalue weighted by Crippen LogP contribution is 2.30. The van der Waals surface area contributed by atoms with Gasteiger partial charge in [-0.3, -0.25) is 15.6 Å². The molecule has 2 heterocycles. The van der Waals surface area contributed by atoms with Crippen LogP contribution in [0.15, 0.2) is 12.3 Å². The van der Waals surface area contributed by atoms with Gasteiger partial charge < -0.3 is 10.3 Å². The van der Waals surface area contributed by atoms with Crippen LogP contribution in [0.5, 0.6) is 0 Å². The molecular weight excluding hydrogens is 252 g/mol.